The van der Waals surface area contributed by atoms with Crippen LogP contribution in [0.3, 0.4) is 0 Å². The van der Waals surface area contributed by atoms with Gasteiger partial charge in [-0.1, -0.05) is 60.7 Å². The zero-order valence-electron chi connectivity index (χ0n) is 17.7. The minimum atomic E-state index is -0.301. The maximum absolute atomic E-state index is 12.4. The number of nitrogens with one attached hydrogen (secondary N) is 2. The molecule has 2 aromatic carbocycles. The first-order chi connectivity index (χ1) is 14.6. The number of amides is 2. The molecule has 160 valence electrons. The molecule has 0 radical (unpaired) electrons. The molecule has 1 unspecified atom stereocenters. The van der Waals surface area contributed by atoms with E-state index in [0.717, 1.165) is 44.8 Å². The van der Waals surface area contributed by atoms with Crippen molar-refractivity contribution in [2.45, 2.75) is 25.9 Å². The van der Waals surface area contributed by atoms with Gasteiger partial charge in [0.25, 0.3) is 0 Å². The molecule has 6 heteroatoms. The number of hydrogen-bond donors (Lipinski definition) is 2. The molecule has 6 nitrogen and oxygen atoms in total. The summed E-state index contributed by atoms with van der Waals surface area (Å²) in [7, 11) is 0. The minimum Gasteiger partial charge on any atom is -0.355 e. The van der Waals surface area contributed by atoms with E-state index in [1.165, 1.54) is 12.5 Å². The van der Waals surface area contributed by atoms with Crippen molar-refractivity contribution in [2.75, 3.05) is 39.3 Å². The van der Waals surface area contributed by atoms with Crippen molar-refractivity contribution in [3.63, 3.8) is 0 Å². The third kappa shape index (κ3) is 7.28. The third-order valence-corrected chi connectivity index (χ3v) is 5.43. The maximum atomic E-state index is 12.4. The molecule has 1 saturated heterocycles. The first-order valence-corrected chi connectivity index (χ1v) is 10.7. The SMILES string of the molecule is CC(=O)NC(CC(=O)NCCN1CCN(Cc2ccccc2)CC1)c1ccccc1. The standard InChI is InChI=1S/C24H32N4O2/c1-20(29)26-23(22-10-6-3-7-11-22)18-24(30)25-12-13-27-14-16-28(17-15-27)19-21-8-4-2-5-9-21/h2-11,23H,12-19H2,1H3,(H,25,30)(H,26,29). The minimum absolute atomic E-state index is 0.0414. The highest BCUT2D eigenvalue weighted by Gasteiger charge is 2.19. The van der Waals surface area contributed by atoms with Gasteiger partial charge in [-0.05, 0) is 11.1 Å². The van der Waals surface area contributed by atoms with Gasteiger partial charge in [-0.15, -0.1) is 0 Å². The van der Waals surface area contributed by atoms with E-state index >= 15 is 0 Å². The maximum Gasteiger partial charge on any atom is 0.222 e. The molecule has 1 fully saturated rings. The summed E-state index contributed by atoms with van der Waals surface area (Å²) in [6.45, 7) is 8.06. The van der Waals surface area contributed by atoms with Gasteiger partial charge in [0, 0.05) is 52.7 Å². The fraction of sp³-hybridized carbons (Fsp3) is 0.417. The van der Waals surface area contributed by atoms with Gasteiger partial charge in [0.15, 0.2) is 0 Å². The Kier molecular flexibility index (Phi) is 8.41. The predicted octanol–water partition coefficient (Wildman–Crippen LogP) is 2.19. The molecule has 0 bridgehead atoms. The molecule has 2 aromatic rings. The van der Waals surface area contributed by atoms with Gasteiger partial charge >= 0.3 is 0 Å². The summed E-state index contributed by atoms with van der Waals surface area (Å²) in [5.41, 5.74) is 2.29. The predicted molar refractivity (Wildman–Crippen MR) is 119 cm³/mol. The van der Waals surface area contributed by atoms with Crippen LogP contribution < -0.4 is 10.6 Å². The Morgan fingerprint density at radius 1 is 0.900 bits per heavy atom. The molecule has 1 aliphatic rings. The average Bonchev–Trinajstić information content (AvgIpc) is 2.75. The number of carbonyl (C=O) groups is 2. The van der Waals surface area contributed by atoms with Crippen LogP contribution in [-0.2, 0) is 16.1 Å². The highest BCUT2D eigenvalue weighted by atomic mass is 16.2. The summed E-state index contributed by atoms with van der Waals surface area (Å²) in [5.74, 6) is -0.176. The van der Waals surface area contributed by atoms with Crippen molar-refractivity contribution in [1.29, 1.82) is 0 Å². The van der Waals surface area contributed by atoms with E-state index < -0.39 is 0 Å². The number of hydrogen-bond acceptors (Lipinski definition) is 4. The Morgan fingerprint density at radius 3 is 2.13 bits per heavy atom. The van der Waals surface area contributed by atoms with Crippen LogP contribution in [0.1, 0.15) is 30.5 Å². The monoisotopic (exact) mass is 408 g/mol. The number of benzene rings is 2. The lowest BCUT2D eigenvalue weighted by Gasteiger charge is -2.34. The van der Waals surface area contributed by atoms with Crippen LogP contribution >= 0.6 is 0 Å². The molecule has 3 rings (SSSR count). The second-order valence-electron chi connectivity index (χ2n) is 7.82. The van der Waals surface area contributed by atoms with Crippen molar-refractivity contribution >= 4 is 11.8 Å². The van der Waals surface area contributed by atoms with Gasteiger partial charge in [0.2, 0.25) is 11.8 Å². The van der Waals surface area contributed by atoms with E-state index in [0.29, 0.717) is 6.54 Å². The van der Waals surface area contributed by atoms with Crippen LogP contribution in [0.2, 0.25) is 0 Å². The van der Waals surface area contributed by atoms with Crippen LogP contribution in [0, 0.1) is 0 Å². The highest BCUT2D eigenvalue weighted by Crippen LogP contribution is 2.16. The summed E-state index contributed by atoms with van der Waals surface area (Å²) >= 11 is 0. The van der Waals surface area contributed by atoms with Crippen molar-refractivity contribution in [1.82, 2.24) is 20.4 Å². The summed E-state index contributed by atoms with van der Waals surface area (Å²) < 4.78 is 0. The molecule has 1 atom stereocenters. The van der Waals surface area contributed by atoms with Gasteiger partial charge in [-0.3, -0.25) is 19.4 Å². The fourth-order valence-corrected chi connectivity index (χ4v) is 3.81. The zero-order chi connectivity index (χ0) is 21.2. The van der Waals surface area contributed by atoms with Gasteiger partial charge in [-0.2, -0.15) is 0 Å². The highest BCUT2D eigenvalue weighted by molar-refractivity contribution is 5.79. The van der Waals surface area contributed by atoms with Gasteiger partial charge < -0.3 is 10.6 Å². The molecule has 1 heterocycles. The molecular formula is C24H32N4O2. The number of nitrogens with zero attached hydrogens (tertiary/aromatic N) is 2. The molecule has 0 spiro atoms. The van der Waals surface area contributed by atoms with Crippen LogP contribution in [0.25, 0.3) is 0 Å². The van der Waals surface area contributed by atoms with Crippen molar-refractivity contribution in [3.8, 4) is 0 Å². The van der Waals surface area contributed by atoms with Crippen LogP contribution in [0.15, 0.2) is 60.7 Å². The number of rotatable bonds is 9. The van der Waals surface area contributed by atoms with Crippen LogP contribution in [0.4, 0.5) is 0 Å². The van der Waals surface area contributed by atoms with E-state index in [1.807, 2.05) is 36.4 Å². The van der Waals surface area contributed by atoms with Crippen molar-refractivity contribution in [2.24, 2.45) is 0 Å². The van der Waals surface area contributed by atoms with Crippen LogP contribution in [0.5, 0.6) is 0 Å². The van der Waals surface area contributed by atoms with E-state index in [2.05, 4.69) is 44.7 Å². The summed E-state index contributed by atoms with van der Waals surface area (Å²) in [5, 5.41) is 5.88. The van der Waals surface area contributed by atoms with Gasteiger partial charge in [0.05, 0.1) is 12.5 Å². The van der Waals surface area contributed by atoms with Gasteiger partial charge in [-0.25, -0.2) is 0 Å². The lowest BCUT2D eigenvalue weighted by molar-refractivity contribution is -0.122. The Hall–Kier alpha value is -2.70. The molecule has 30 heavy (non-hydrogen) atoms. The lowest BCUT2D eigenvalue weighted by atomic mass is 10.0. The first kappa shape index (κ1) is 22.0. The molecule has 1 aliphatic heterocycles. The Balaban J connectivity index is 1.36. The second kappa shape index (κ2) is 11.5. The fourth-order valence-electron chi connectivity index (χ4n) is 3.81. The first-order valence-electron chi connectivity index (χ1n) is 10.7. The zero-order valence-corrected chi connectivity index (χ0v) is 17.7. The summed E-state index contributed by atoms with van der Waals surface area (Å²) in [6.07, 6.45) is 0.244. The van der Waals surface area contributed by atoms with Crippen LogP contribution in [-0.4, -0.2) is 60.9 Å². The summed E-state index contributed by atoms with van der Waals surface area (Å²) in [4.78, 5) is 28.8. The molecule has 0 saturated carbocycles. The number of piperazine rings is 1. The van der Waals surface area contributed by atoms with Crippen molar-refractivity contribution < 1.29 is 9.59 Å². The third-order valence-electron chi connectivity index (χ3n) is 5.43. The number of carbonyl (C=O) groups excluding carboxylic acids is 2. The average molecular weight is 409 g/mol. The molecule has 0 aliphatic carbocycles. The topological polar surface area (TPSA) is 64.7 Å². The molecule has 2 N–H and O–H groups in total. The molecule has 0 aromatic heterocycles. The Labute approximate surface area is 179 Å². The van der Waals surface area contributed by atoms with Gasteiger partial charge in [0.1, 0.15) is 0 Å². The smallest absolute Gasteiger partial charge is 0.222 e. The Bertz CT molecular complexity index is 789. The van der Waals surface area contributed by atoms with E-state index in [-0.39, 0.29) is 24.3 Å². The van der Waals surface area contributed by atoms with E-state index in [1.54, 1.807) is 0 Å². The molecular weight excluding hydrogens is 376 g/mol. The summed E-state index contributed by atoms with van der Waals surface area (Å²) in [6, 6.07) is 19.9. The van der Waals surface area contributed by atoms with E-state index in [4.69, 9.17) is 0 Å². The Morgan fingerprint density at radius 2 is 1.50 bits per heavy atom. The van der Waals surface area contributed by atoms with Crippen molar-refractivity contribution in [3.05, 3.63) is 71.8 Å². The van der Waals surface area contributed by atoms with E-state index in [9.17, 15) is 9.59 Å². The normalized spacial score (nSPS) is 16.0. The quantitative estimate of drug-likeness (QED) is 0.668. The molecule has 2 amide bonds. The lowest BCUT2D eigenvalue weighted by Crippen LogP contribution is -2.48. The second-order valence-corrected chi connectivity index (χ2v) is 7.82. The largest absolute Gasteiger partial charge is 0.355 e.